The molecule has 132 valence electrons. The van der Waals surface area contributed by atoms with Crippen LogP contribution in [0.5, 0.6) is 0 Å². The monoisotopic (exact) mass is 366 g/mol. The number of anilines is 1. The van der Waals surface area contributed by atoms with E-state index in [-0.39, 0.29) is 17.6 Å². The average molecular weight is 366 g/mol. The fourth-order valence-electron chi connectivity index (χ4n) is 2.59. The number of nitrogens with zero attached hydrogens (tertiary/aromatic N) is 2. The lowest BCUT2D eigenvalue weighted by Crippen LogP contribution is -2.25. The number of carbonyl (C=O) groups is 2. The van der Waals surface area contributed by atoms with E-state index in [1.165, 1.54) is 11.8 Å². The minimum absolute atomic E-state index is 0.0955. The molecule has 6 nitrogen and oxygen atoms in total. The Bertz CT molecular complexity index is 965. The predicted octanol–water partition coefficient (Wildman–Crippen LogP) is 2.96. The quantitative estimate of drug-likeness (QED) is 0.658. The number of amides is 2. The molecule has 2 aromatic heterocycles. The normalized spacial score (nSPS) is 13.5. The number of pyridine rings is 1. The number of carbonyl (C=O) groups excluding carboxylic acids is 2. The first-order valence-electron chi connectivity index (χ1n) is 8.45. The van der Waals surface area contributed by atoms with E-state index >= 15 is 0 Å². The summed E-state index contributed by atoms with van der Waals surface area (Å²) in [6.45, 7) is 0. The third-order valence-electron chi connectivity index (χ3n) is 4.06. The zero-order valence-corrected chi connectivity index (χ0v) is 14.8. The van der Waals surface area contributed by atoms with Crippen LogP contribution in [0.1, 0.15) is 23.2 Å². The fraction of sp³-hybridized carbons (Fsp3) is 0.211. The second kappa shape index (κ2) is 7.21. The molecule has 0 spiro atoms. The van der Waals surface area contributed by atoms with Gasteiger partial charge in [-0.3, -0.25) is 14.0 Å². The van der Waals surface area contributed by atoms with E-state index in [0.717, 1.165) is 23.5 Å². The standard InChI is InChI=1S/C19H18N4O2S/c24-17(12-26-19-20-11-16-6-1-2-9-23(16)19)21-15-5-3-4-13(10-15)18(25)22-14-7-8-14/h1-6,9-11,14H,7-8,12H2,(H,21,24)(H,22,25). The molecule has 0 atom stereocenters. The maximum atomic E-state index is 12.2. The number of benzene rings is 1. The lowest BCUT2D eigenvalue weighted by atomic mass is 10.2. The van der Waals surface area contributed by atoms with Crippen molar-refractivity contribution in [1.29, 1.82) is 0 Å². The van der Waals surface area contributed by atoms with Crippen molar-refractivity contribution < 1.29 is 9.59 Å². The second-order valence-electron chi connectivity index (χ2n) is 6.20. The van der Waals surface area contributed by atoms with Crippen molar-refractivity contribution >= 4 is 34.8 Å². The molecule has 1 saturated carbocycles. The summed E-state index contributed by atoms with van der Waals surface area (Å²) in [7, 11) is 0. The van der Waals surface area contributed by atoms with E-state index in [1.807, 2.05) is 28.8 Å². The van der Waals surface area contributed by atoms with Gasteiger partial charge in [0.25, 0.3) is 5.91 Å². The molecular formula is C19H18N4O2S. The van der Waals surface area contributed by atoms with Gasteiger partial charge in [0.1, 0.15) is 0 Å². The molecule has 1 fully saturated rings. The number of thioether (sulfide) groups is 1. The molecule has 0 aliphatic heterocycles. The van der Waals surface area contributed by atoms with E-state index in [0.29, 0.717) is 17.3 Å². The number of hydrogen-bond donors (Lipinski definition) is 2. The molecule has 7 heteroatoms. The van der Waals surface area contributed by atoms with Gasteiger partial charge in [-0.15, -0.1) is 0 Å². The molecule has 0 unspecified atom stereocenters. The summed E-state index contributed by atoms with van der Waals surface area (Å²) in [6.07, 6.45) is 5.79. The second-order valence-corrected chi connectivity index (χ2v) is 7.14. The lowest BCUT2D eigenvalue weighted by Gasteiger charge is -2.08. The van der Waals surface area contributed by atoms with Crippen LogP contribution >= 0.6 is 11.8 Å². The summed E-state index contributed by atoms with van der Waals surface area (Å²) >= 11 is 1.37. The van der Waals surface area contributed by atoms with Crippen molar-refractivity contribution in [3.05, 3.63) is 60.4 Å². The molecule has 1 aliphatic carbocycles. The van der Waals surface area contributed by atoms with Crippen LogP contribution in [0.25, 0.3) is 5.52 Å². The Labute approximate surface area is 155 Å². The van der Waals surface area contributed by atoms with Crippen molar-refractivity contribution in [2.75, 3.05) is 11.1 Å². The van der Waals surface area contributed by atoms with Gasteiger partial charge >= 0.3 is 0 Å². The molecule has 26 heavy (non-hydrogen) atoms. The van der Waals surface area contributed by atoms with Gasteiger partial charge in [-0.2, -0.15) is 0 Å². The molecule has 0 bridgehead atoms. The highest BCUT2D eigenvalue weighted by molar-refractivity contribution is 7.99. The molecule has 4 rings (SSSR count). The van der Waals surface area contributed by atoms with Gasteiger partial charge in [-0.1, -0.05) is 23.9 Å². The van der Waals surface area contributed by atoms with Gasteiger partial charge in [0.15, 0.2) is 5.16 Å². The number of imidazole rings is 1. The number of nitrogens with one attached hydrogen (secondary N) is 2. The molecule has 2 N–H and O–H groups in total. The van der Waals surface area contributed by atoms with Gasteiger partial charge in [0, 0.05) is 23.5 Å². The summed E-state index contributed by atoms with van der Waals surface area (Å²) in [4.78, 5) is 28.7. The van der Waals surface area contributed by atoms with Crippen molar-refractivity contribution in [2.45, 2.75) is 24.0 Å². The van der Waals surface area contributed by atoms with E-state index in [4.69, 9.17) is 0 Å². The van der Waals surface area contributed by atoms with Crippen LogP contribution in [0.2, 0.25) is 0 Å². The topological polar surface area (TPSA) is 75.5 Å². The lowest BCUT2D eigenvalue weighted by molar-refractivity contribution is -0.113. The van der Waals surface area contributed by atoms with Gasteiger partial charge < -0.3 is 10.6 Å². The first kappa shape index (κ1) is 16.7. The highest BCUT2D eigenvalue weighted by Crippen LogP contribution is 2.21. The molecule has 2 amide bonds. The molecule has 0 radical (unpaired) electrons. The minimum atomic E-state index is -0.137. The van der Waals surface area contributed by atoms with Crippen LogP contribution in [-0.2, 0) is 4.79 Å². The largest absolute Gasteiger partial charge is 0.349 e. The predicted molar refractivity (Wildman–Crippen MR) is 101 cm³/mol. The average Bonchev–Trinajstić information content (AvgIpc) is 3.37. The van der Waals surface area contributed by atoms with Crippen LogP contribution in [0, 0.1) is 0 Å². The molecular weight excluding hydrogens is 348 g/mol. The highest BCUT2D eigenvalue weighted by atomic mass is 32.2. The SMILES string of the molecule is O=C(CSc1ncc2ccccn12)Nc1cccc(C(=O)NC2CC2)c1. The van der Waals surface area contributed by atoms with E-state index in [2.05, 4.69) is 15.6 Å². The molecule has 2 heterocycles. The zero-order valence-electron chi connectivity index (χ0n) is 14.0. The number of rotatable bonds is 6. The van der Waals surface area contributed by atoms with E-state index < -0.39 is 0 Å². The smallest absolute Gasteiger partial charge is 0.251 e. The van der Waals surface area contributed by atoms with Gasteiger partial charge in [0.2, 0.25) is 5.91 Å². The number of hydrogen-bond acceptors (Lipinski definition) is 4. The van der Waals surface area contributed by atoms with Gasteiger partial charge in [-0.25, -0.2) is 4.98 Å². The van der Waals surface area contributed by atoms with Crippen LogP contribution in [0.3, 0.4) is 0 Å². The third kappa shape index (κ3) is 3.88. The van der Waals surface area contributed by atoms with Crippen molar-refractivity contribution in [3.63, 3.8) is 0 Å². The van der Waals surface area contributed by atoms with Crippen LogP contribution in [0.4, 0.5) is 5.69 Å². The number of fused-ring (bicyclic) bond motifs is 1. The summed E-state index contributed by atoms with van der Waals surface area (Å²) < 4.78 is 1.95. The zero-order chi connectivity index (χ0) is 17.9. The Kier molecular flexibility index (Phi) is 4.62. The summed E-state index contributed by atoms with van der Waals surface area (Å²) in [5.41, 5.74) is 2.17. The molecule has 3 aromatic rings. The molecule has 1 aromatic carbocycles. The Morgan fingerprint density at radius 1 is 1.19 bits per heavy atom. The van der Waals surface area contributed by atoms with Crippen LogP contribution in [0.15, 0.2) is 60.0 Å². The van der Waals surface area contributed by atoms with Gasteiger partial charge in [-0.05, 0) is 43.2 Å². The maximum Gasteiger partial charge on any atom is 0.251 e. The maximum absolute atomic E-state index is 12.2. The molecule has 1 aliphatic rings. The van der Waals surface area contributed by atoms with Crippen molar-refractivity contribution in [2.24, 2.45) is 0 Å². The first-order valence-corrected chi connectivity index (χ1v) is 9.43. The van der Waals surface area contributed by atoms with Crippen LogP contribution < -0.4 is 10.6 Å². The Morgan fingerprint density at radius 3 is 2.92 bits per heavy atom. The van der Waals surface area contributed by atoms with E-state index in [1.54, 1.807) is 30.5 Å². The molecule has 0 saturated heterocycles. The fourth-order valence-corrected chi connectivity index (χ4v) is 3.35. The summed E-state index contributed by atoms with van der Waals surface area (Å²) in [6, 6.07) is 13.1. The summed E-state index contributed by atoms with van der Waals surface area (Å²) in [5.74, 6) is 0.0104. The number of aromatic nitrogens is 2. The minimum Gasteiger partial charge on any atom is -0.349 e. The third-order valence-corrected chi connectivity index (χ3v) is 5.03. The van der Waals surface area contributed by atoms with Crippen molar-refractivity contribution in [1.82, 2.24) is 14.7 Å². The van der Waals surface area contributed by atoms with Crippen molar-refractivity contribution in [3.8, 4) is 0 Å². The Morgan fingerprint density at radius 2 is 2.08 bits per heavy atom. The highest BCUT2D eigenvalue weighted by Gasteiger charge is 2.23. The Hall–Kier alpha value is -2.80. The van der Waals surface area contributed by atoms with Crippen LogP contribution in [-0.4, -0.2) is 33.0 Å². The Balaban J connectivity index is 1.36. The first-order chi connectivity index (χ1) is 12.7. The van der Waals surface area contributed by atoms with Gasteiger partial charge in [0.05, 0.1) is 17.5 Å². The summed E-state index contributed by atoms with van der Waals surface area (Å²) in [5, 5.41) is 6.56. The van der Waals surface area contributed by atoms with E-state index in [9.17, 15) is 9.59 Å².